The molecule has 0 atom stereocenters. The SMILES string of the molecule is CC#CC1=CC(C)(C)Oc2c(Br)cc(C(=O)O)cc21. The lowest BCUT2D eigenvalue weighted by Gasteiger charge is -2.30. The van der Waals surface area contributed by atoms with Crippen molar-refractivity contribution in [3.8, 4) is 17.6 Å². The summed E-state index contributed by atoms with van der Waals surface area (Å²) in [6.07, 6.45) is 1.91. The van der Waals surface area contributed by atoms with Gasteiger partial charge in [-0.15, -0.1) is 5.92 Å². The molecule has 3 nitrogen and oxygen atoms in total. The van der Waals surface area contributed by atoms with E-state index in [9.17, 15) is 4.79 Å². The first kappa shape index (κ1) is 13.7. The summed E-state index contributed by atoms with van der Waals surface area (Å²) in [6.45, 7) is 5.62. The number of aromatic carboxylic acids is 1. The maximum absolute atomic E-state index is 11.1. The van der Waals surface area contributed by atoms with Gasteiger partial charge >= 0.3 is 5.97 Å². The lowest BCUT2D eigenvalue weighted by atomic mass is 9.94. The summed E-state index contributed by atoms with van der Waals surface area (Å²) in [5.74, 6) is 5.51. The molecule has 0 bridgehead atoms. The quantitative estimate of drug-likeness (QED) is 0.802. The van der Waals surface area contributed by atoms with Crippen LogP contribution in [0.2, 0.25) is 0 Å². The lowest BCUT2D eigenvalue weighted by molar-refractivity contribution is 0.0696. The van der Waals surface area contributed by atoms with Crippen LogP contribution in [0.1, 0.15) is 36.7 Å². The maximum Gasteiger partial charge on any atom is 0.335 e. The summed E-state index contributed by atoms with van der Waals surface area (Å²) in [7, 11) is 0. The summed E-state index contributed by atoms with van der Waals surface area (Å²) in [5.41, 5.74) is 1.23. The number of carbonyl (C=O) groups is 1. The Kier molecular flexibility index (Phi) is 3.42. The molecule has 0 radical (unpaired) electrons. The van der Waals surface area contributed by atoms with Crippen LogP contribution >= 0.6 is 15.9 Å². The molecule has 0 unspecified atom stereocenters. The highest BCUT2D eigenvalue weighted by Crippen LogP contribution is 2.41. The van der Waals surface area contributed by atoms with Gasteiger partial charge in [0, 0.05) is 11.1 Å². The van der Waals surface area contributed by atoms with Gasteiger partial charge in [-0.05, 0) is 54.9 Å². The minimum absolute atomic E-state index is 0.206. The first-order chi connectivity index (χ1) is 8.84. The summed E-state index contributed by atoms with van der Waals surface area (Å²) in [5, 5.41) is 9.11. The van der Waals surface area contributed by atoms with Gasteiger partial charge in [0.2, 0.25) is 0 Å². The Labute approximate surface area is 120 Å². The number of rotatable bonds is 1. The van der Waals surface area contributed by atoms with Crippen molar-refractivity contribution in [2.24, 2.45) is 0 Å². The van der Waals surface area contributed by atoms with Gasteiger partial charge in [0.1, 0.15) is 11.4 Å². The highest BCUT2D eigenvalue weighted by atomic mass is 79.9. The Balaban J connectivity index is 2.71. The van der Waals surface area contributed by atoms with Crippen LogP contribution in [0.5, 0.6) is 5.75 Å². The zero-order valence-electron chi connectivity index (χ0n) is 10.9. The lowest BCUT2D eigenvalue weighted by Crippen LogP contribution is -2.29. The van der Waals surface area contributed by atoms with Crippen molar-refractivity contribution in [3.05, 3.63) is 33.8 Å². The van der Waals surface area contributed by atoms with Gasteiger partial charge in [0.05, 0.1) is 10.0 Å². The van der Waals surface area contributed by atoms with Gasteiger partial charge in [-0.2, -0.15) is 0 Å². The predicted octanol–water partition coefficient (Wildman–Crippen LogP) is 3.73. The molecule has 0 aromatic heterocycles. The average molecular weight is 321 g/mol. The van der Waals surface area contributed by atoms with E-state index in [1.165, 1.54) is 0 Å². The molecule has 0 saturated carbocycles. The molecule has 0 amide bonds. The van der Waals surface area contributed by atoms with E-state index in [0.29, 0.717) is 15.8 Å². The van der Waals surface area contributed by atoms with Gasteiger partial charge < -0.3 is 9.84 Å². The summed E-state index contributed by atoms with van der Waals surface area (Å²) >= 11 is 3.37. The topological polar surface area (TPSA) is 46.5 Å². The molecular weight excluding hydrogens is 308 g/mol. The minimum atomic E-state index is -0.975. The molecule has 19 heavy (non-hydrogen) atoms. The van der Waals surface area contributed by atoms with Crippen molar-refractivity contribution < 1.29 is 14.6 Å². The molecule has 1 N–H and O–H groups in total. The van der Waals surface area contributed by atoms with Gasteiger partial charge in [-0.3, -0.25) is 0 Å². The fourth-order valence-electron chi connectivity index (χ4n) is 1.98. The second kappa shape index (κ2) is 4.75. The molecule has 1 aromatic carbocycles. The van der Waals surface area contributed by atoms with Crippen LogP contribution in [0.25, 0.3) is 5.57 Å². The molecule has 0 spiro atoms. The second-order valence-electron chi connectivity index (χ2n) is 4.78. The van der Waals surface area contributed by atoms with Crippen LogP contribution in [0.4, 0.5) is 0 Å². The number of hydrogen-bond acceptors (Lipinski definition) is 2. The fraction of sp³-hybridized carbons (Fsp3) is 0.267. The largest absolute Gasteiger partial charge is 0.482 e. The fourth-order valence-corrected chi connectivity index (χ4v) is 2.52. The third-order valence-corrected chi connectivity index (χ3v) is 3.29. The molecule has 1 aromatic rings. The first-order valence-corrected chi connectivity index (χ1v) is 6.55. The number of benzene rings is 1. The standard InChI is InChI=1S/C15H13BrO3/c1-4-5-9-8-15(2,3)19-13-11(9)6-10(14(17)18)7-12(13)16/h6-8H,1-3H3,(H,17,18). The maximum atomic E-state index is 11.1. The Hall–Kier alpha value is -1.73. The number of fused-ring (bicyclic) bond motifs is 1. The molecule has 0 fully saturated rings. The van der Waals surface area contributed by atoms with Gasteiger partial charge in [0.25, 0.3) is 0 Å². The van der Waals surface area contributed by atoms with E-state index in [-0.39, 0.29) is 5.56 Å². The summed E-state index contributed by atoms with van der Waals surface area (Å²) in [6, 6.07) is 3.13. The molecule has 0 aliphatic carbocycles. The monoisotopic (exact) mass is 320 g/mol. The van der Waals surface area contributed by atoms with E-state index < -0.39 is 11.6 Å². The summed E-state index contributed by atoms with van der Waals surface area (Å²) < 4.78 is 6.50. The normalized spacial score (nSPS) is 15.5. The summed E-state index contributed by atoms with van der Waals surface area (Å²) in [4.78, 5) is 11.1. The molecule has 4 heteroatoms. The molecule has 98 valence electrons. The van der Waals surface area contributed by atoms with Crippen LogP contribution in [0.3, 0.4) is 0 Å². The number of carboxylic acids is 1. The third-order valence-electron chi connectivity index (χ3n) is 2.70. The van der Waals surface area contributed by atoms with Crippen molar-refractivity contribution in [1.82, 2.24) is 0 Å². The molecule has 1 heterocycles. The first-order valence-electron chi connectivity index (χ1n) is 5.76. The van der Waals surface area contributed by atoms with Gasteiger partial charge in [0.15, 0.2) is 0 Å². The number of ether oxygens (including phenoxy) is 1. The van der Waals surface area contributed by atoms with Crippen molar-refractivity contribution in [2.45, 2.75) is 26.4 Å². The van der Waals surface area contributed by atoms with E-state index in [4.69, 9.17) is 9.84 Å². The number of allylic oxidation sites excluding steroid dienone is 1. The Morgan fingerprint density at radius 2 is 2.11 bits per heavy atom. The molecular formula is C15H13BrO3. The number of hydrogen-bond donors (Lipinski definition) is 1. The van der Waals surface area contributed by atoms with Crippen LogP contribution in [-0.4, -0.2) is 16.7 Å². The average Bonchev–Trinajstić information content (AvgIpc) is 2.29. The van der Waals surface area contributed by atoms with Gasteiger partial charge in [-0.25, -0.2) is 4.79 Å². The Morgan fingerprint density at radius 3 is 2.68 bits per heavy atom. The smallest absolute Gasteiger partial charge is 0.335 e. The van der Waals surface area contributed by atoms with E-state index in [1.54, 1.807) is 19.1 Å². The molecule has 0 saturated heterocycles. The Bertz CT molecular complexity index is 645. The highest BCUT2D eigenvalue weighted by molar-refractivity contribution is 9.10. The zero-order chi connectivity index (χ0) is 14.2. The van der Waals surface area contributed by atoms with Crippen molar-refractivity contribution in [2.75, 3.05) is 0 Å². The van der Waals surface area contributed by atoms with Crippen LogP contribution < -0.4 is 4.74 Å². The van der Waals surface area contributed by atoms with Crippen LogP contribution in [-0.2, 0) is 0 Å². The van der Waals surface area contributed by atoms with Crippen molar-refractivity contribution in [1.29, 1.82) is 0 Å². The van der Waals surface area contributed by atoms with Crippen LogP contribution in [0.15, 0.2) is 22.7 Å². The van der Waals surface area contributed by atoms with Crippen molar-refractivity contribution in [3.63, 3.8) is 0 Å². The number of halogens is 1. The van der Waals surface area contributed by atoms with Crippen molar-refractivity contribution >= 4 is 27.5 Å². The Morgan fingerprint density at radius 1 is 1.42 bits per heavy atom. The van der Waals surface area contributed by atoms with E-state index in [0.717, 1.165) is 5.57 Å². The van der Waals surface area contributed by atoms with E-state index in [1.807, 2.05) is 19.9 Å². The van der Waals surface area contributed by atoms with E-state index in [2.05, 4.69) is 27.8 Å². The van der Waals surface area contributed by atoms with Crippen LogP contribution in [0, 0.1) is 11.8 Å². The minimum Gasteiger partial charge on any atom is -0.482 e. The predicted molar refractivity (Wildman–Crippen MR) is 77.2 cm³/mol. The second-order valence-corrected chi connectivity index (χ2v) is 5.63. The molecule has 1 aliphatic heterocycles. The molecule has 2 rings (SSSR count). The van der Waals surface area contributed by atoms with E-state index >= 15 is 0 Å². The van der Waals surface area contributed by atoms with Gasteiger partial charge in [-0.1, -0.05) is 5.92 Å². The molecule has 1 aliphatic rings. The third kappa shape index (κ3) is 2.66. The zero-order valence-corrected chi connectivity index (χ0v) is 12.5. The highest BCUT2D eigenvalue weighted by Gasteiger charge is 2.28. The number of carboxylic acid groups (broad SMARTS) is 1.